The van der Waals surface area contributed by atoms with E-state index in [2.05, 4.69) is 7.05 Å². The van der Waals surface area contributed by atoms with Crippen LogP contribution in [0, 0.1) is 5.92 Å². The van der Waals surface area contributed by atoms with Gasteiger partial charge in [0, 0.05) is 24.3 Å². The topological polar surface area (TPSA) is 83.8 Å². The normalized spacial score (nSPS) is 42.5. The minimum absolute atomic E-state index is 0. The van der Waals surface area contributed by atoms with Gasteiger partial charge in [0.05, 0.1) is 32.0 Å². The third kappa shape index (κ3) is 1.86. The molecule has 1 aromatic rings. The highest BCUT2D eigenvalue weighted by Gasteiger charge is 2.79. The number of phenolic OH excluding ortho intramolecular Hbond substituents is 1. The lowest BCUT2D eigenvalue weighted by molar-refractivity contribution is -0.948. The number of ether oxygens (including phenoxy) is 1. The number of carbonyl (C=O) groups is 2. The summed E-state index contributed by atoms with van der Waals surface area (Å²) in [5, 5.41) is 22.4. The number of aromatic hydroxyl groups is 1. The van der Waals surface area contributed by atoms with E-state index in [9.17, 15) is 19.8 Å². The molecule has 0 amide bonds. The van der Waals surface area contributed by atoms with Gasteiger partial charge in [-0.05, 0) is 24.5 Å². The molecular formula is C21H24BrNO5. The molecule has 2 bridgehead atoms. The van der Waals surface area contributed by atoms with Crippen molar-refractivity contribution < 1.29 is 46.0 Å². The minimum atomic E-state index is -1.61. The Morgan fingerprint density at radius 3 is 2.75 bits per heavy atom. The molecule has 2 saturated carbocycles. The van der Waals surface area contributed by atoms with Gasteiger partial charge in [-0.2, -0.15) is 0 Å². The Balaban J connectivity index is 0.00000171. The smallest absolute Gasteiger partial charge is 0.189 e. The van der Waals surface area contributed by atoms with Crippen LogP contribution in [0.3, 0.4) is 0 Å². The fourth-order valence-electron chi connectivity index (χ4n) is 6.76. The number of likely N-dealkylation sites (N-methyl/N-ethyl adjacent to an activating group) is 1. The molecule has 6 nitrogen and oxygen atoms in total. The predicted octanol–water partition coefficient (Wildman–Crippen LogP) is -2.15. The molecule has 6 rings (SSSR count). The number of aliphatic hydroxyl groups is 1. The molecule has 1 spiro atoms. The summed E-state index contributed by atoms with van der Waals surface area (Å²) in [6, 6.07) is 3.21. The van der Waals surface area contributed by atoms with Gasteiger partial charge in [0.1, 0.15) is 6.04 Å². The average molecular weight is 450 g/mol. The Hall–Kier alpha value is -1.44. The van der Waals surface area contributed by atoms with Gasteiger partial charge in [0.15, 0.2) is 34.8 Å². The van der Waals surface area contributed by atoms with Crippen molar-refractivity contribution in [2.24, 2.45) is 5.92 Å². The molecule has 1 unspecified atom stereocenters. The maximum Gasteiger partial charge on any atom is 0.189 e. The zero-order valence-corrected chi connectivity index (χ0v) is 17.4. The first-order valence-corrected chi connectivity index (χ1v) is 9.96. The van der Waals surface area contributed by atoms with Crippen molar-refractivity contribution in [2.75, 3.05) is 20.1 Å². The number of ketones is 2. The zero-order valence-electron chi connectivity index (χ0n) is 15.8. The zero-order chi connectivity index (χ0) is 18.8. The summed E-state index contributed by atoms with van der Waals surface area (Å²) in [4.78, 5) is 26.0. The number of benzene rings is 1. The fourth-order valence-corrected chi connectivity index (χ4v) is 6.76. The second-order valence-electron chi connectivity index (χ2n) is 9.55. The van der Waals surface area contributed by atoms with E-state index in [4.69, 9.17) is 4.74 Å². The third-order valence-electron chi connectivity index (χ3n) is 8.12. The van der Waals surface area contributed by atoms with Crippen LogP contribution in [0.4, 0.5) is 0 Å². The number of Topliss-reactive ketones (excluding diaryl/α,β-unsaturated/α-hetero) is 2. The van der Waals surface area contributed by atoms with Crippen molar-refractivity contribution in [3.8, 4) is 11.5 Å². The average Bonchev–Trinajstić information content (AvgIpc) is 3.34. The van der Waals surface area contributed by atoms with Crippen molar-refractivity contribution >= 4 is 11.6 Å². The number of piperidine rings is 1. The van der Waals surface area contributed by atoms with Gasteiger partial charge in [0.25, 0.3) is 0 Å². The standard InChI is InChI=1S/C21H23NO5.BrH/c1-22(10-11-2-3-11)7-6-20-17-12-4-5-13(23)18(17)27-19(20)14(24)9-16(25)21(20,26)15(22)8-12;/h4-5,11,15,19,26H,2-3,6-10H2,1H3;1H/t15-,19+,20+,21+,22?;/m1./s1. The Morgan fingerprint density at radius 2 is 2.04 bits per heavy atom. The maximum atomic E-state index is 13.2. The molecule has 28 heavy (non-hydrogen) atoms. The fraction of sp³-hybridized carbons (Fsp3) is 0.619. The van der Waals surface area contributed by atoms with Crippen LogP contribution in [0.5, 0.6) is 11.5 Å². The number of hydrogen-bond acceptors (Lipinski definition) is 5. The Bertz CT molecular complexity index is 930. The third-order valence-corrected chi connectivity index (χ3v) is 8.12. The van der Waals surface area contributed by atoms with Crippen molar-refractivity contribution in [3.63, 3.8) is 0 Å². The van der Waals surface area contributed by atoms with E-state index in [1.165, 1.54) is 12.8 Å². The highest BCUT2D eigenvalue weighted by molar-refractivity contribution is 6.11. The van der Waals surface area contributed by atoms with Gasteiger partial charge in [-0.15, -0.1) is 0 Å². The Morgan fingerprint density at radius 1 is 1.29 bits per heavy atom. The highest BCUT2D eigenvalue weighted by Crippen LogP contribution is 2.65. The number of halogens is 1. The number of nitrogens with zero attached hydrogens (tertiary/aromatic N) is 1. The number of carbonyl (C=O) groups excluding carboxylic acids is 2. The summed E-state index contributed by atoms with van der Waals surface area (Å²) >= 11 is 0. The summed E-state index contributed by atoms with van der Waals surface area (Å²) in [6.07, 6.45) is 2.37. The summed E-state index contributed by atoms with van der Waals surface area (Å²) in [7, 11) is 2.16. The van der Waals surface area contributed by atoms with E-state index in [-0.39, 0.29) is 46.8 Å². The number of likely N-dealkylation sites (tertiary alicyclic amines) is 1. The molecule has 1 saturated heterocycles. The molecule has 3 fully saturated rings. The number of hydrogen-bond donors (Lipinski definition) is 2. The van der Waals surface area contributed by atoms with Crippen LogP contribution in [0.2, 0.25) is 0 Å². The van der Waals surface area contributed by atoms with E-state index in [1.807, 2.05) is 6.07 Å². The lowest BCUT2D eigenvalue weighted by Gasteiger charge is -2.63. The van der Waals surface area contributed by atoms with Gasteiger partial charge >= 0.3 is 0 Å². The van der Waals surface area contributed by atoms with Crippen molar-refractivity contribution in [3.05, 3.63) is 23.3 Å². The molecule has 150 valence electrons. The molecule has 2 heterocycles. The summed E-state index contributed by atoms with van der Waals surface area (Å²) in [5.41, 5.74) is -0.945. The molecule has 5 atom stereocenters. The van der Waals surface area contributed by atoms with Crippen molar-refractivity contribution in [2.45, 2.75) is 55.3 Å². The summed E-state index contributed by atoms with van der Waals surface area (Å²) in [6.45, 7) is 1.77. The quantitative estimate of drug-likeness (QED) is 0.397. The predicted molar refractivity (Wildman–Crippen MR) is 94.5 cm³/mol. The van der Waals surface area contributed by atoms with Gasteiger partial charge < -0.3 is 36.4 Å². The minimum Gasteiger partial charge on any atom is -1.00 e. The molecular weight excluding hydrogens is 426 g/mol. The molecule has 1 aromatic carbocycles. The lowest BCUT2D eigenvalue weighted by Crippen LogP contribution is -3.00. The van der Waals surface area contributed by atoms with E-state index in [0.29, 0.717) is 34.6 Å². The van der Waals surface area contributed by atoms with Gasteiger partial charge in [0.2, 0.25) is 0 Å². The first-order valence-electron chi connectivity index (χ1n) is 9.96. The monoisotopic (exact) mass is 449 g/mol. The van der Waals surface area contributed by atoms with E-state index >= 15 is 0 Å². The highest BCUT2D eigenvalue weighted by atomic mass is 79.9. The van der Waals surface area contributed by atoms with Crippen LogP contribution in [0.25, 0.3) is 0 Å². The Labute approximate surface area is 173 Å². The first-order chi connectivity index (χ1) is 12.8. The van der Waals surface area contributed by atoms with E-state index in [0.717, 1.165) is 18.7 Å². The van der Waals surface area contributed by atoms with Crippen LogP contribution in [-0.4, -0.2) is 64.1 Å². The molecule has 2 N–H and O–H groups in total. The van der Waals surface area contributed by atoms with E-state index in [1.54, 1.807) is 6.07 Å². The van der Waals surface area contributed by atoms with Crippen LogP contribution in [0.1, 0.15) is 36.8 Å². The SMILES string of the molecule is C[N+]1(CC2CC2)CC[C@]23c4c5ccc(O)c4O[C@H]2C(=O)CC(=O)[C@@]3(O)[C@H]1C5.[Br-]. The van der Waals surface area contributed by atoms with Crippen LogP contribution < -0.4 is 21.7 Å². The summed E-state index contributed by atoms with van der Waals surface area (Å²) < 4.78 is 6.65. The van der Waals surface area contributed by atoms with Gasteiger partial charge in [-0.3, -0.25) is 9.59 Å². The van der Waals surface area contributed by atoms with E-state index < -0.39 is 17.1 Å². The second-order valence-corrected chi connectivity index (χ2v) is 9.55. The molecule has 5 aliphatic rings. The molecule has 2 aliphatic heterocycles. The number of rotatable bonds is 2. The lowest BCUT2D eigenvalue weighted by atomic mass is 9.48. The second kappa shape index (κ2) is 5.37. The van der Waals surface area contributed by atoms with Crippen molar-refractivity contribution in [1.82, 2.24) is 0 Å². The molecule has 0 aromatic heterocycles. The van der Waals surface area contributed by atoms with Gasteiger partial charge in [-0.25, -0.2) is 0 Å². The molecule has 0 radical (unpaired) electrons. The maximum absolute atomic E-state index is 13.2. The largest absolute Gasteiger partial charge is 1.00 e. The van der Waals surface area contributed by atoms with Crippen molar-refractivity contribution in [1.29, 1.82) is 0 Å². The van der Waals surface area contributed by atoms with Crippen LogP contribution >= 0.6 is 0 Å². The summed E-state index contributed by atoms with van der Waals surface area (Å²) in [5.74, 6) is 0.319. The van der Waals surface area contributed by atoms with Crippen LogP contribution in [0.15, 0.2) is 12.1 Å². The molecule has 3 aliphatic carbocycles. The number of quaternary nitrogens is 1. The van der Waals surface area contributed by atoms with Crippen LogP contribution in [-0.2, 0) is 21.4 Å². The van der Waals surface area contributed by atoms with Gasteiger partial charge in [-0.1, -0.05) is 6.07 Å². The Kier molecular flexibility index (Phi) is 3.57. The molecule has 7 heteroatoms. The number of phenols is 1. The first kappa shape index (κ1) is 18.6.